The van der Waals surface area contributed by atoms with Crippen LogP contribution in [0.15, 0.2) is 67.1 Å². The standard InChI is InChI=1S/C20H17N5O2/c1-26-15-3-2-4-16(11-15)27-19-8-5-14(13-24-19)12-23-18-7-6-17-20(25-18)22-10-9-21-17/h2-11,13H,12H2,1H3,(H,22,23,25). The summed E-state index contributed by atoms with van der Waals surface area (Å²) in [5.74, 6) is 2.67. The third-order valence-electron chi connectivity index (χ3n) is 3.87. The average molecular weight is 359 g/mol. The molecular formula is C20H17N5O2. The fraction of sp³-hybridized carbons (Fsp3) is 0.100. The van der Waals surface area contributed by atoms with Crippen LogP contribution in [0.1, 0.15) is 5.56 Å². The zero-order valence-corrected chi connectivity index (χ0v) is 14.7. The Morgan fingerprint density at radius 3 is 2.67 bits per heavy atom. The van der Waals surface area contributed by atoms with Crippen LogP contribution in [0, 0.1) is 0 Å². The van der Waals surface area contributed by atoms with Gasteiger partial charge in [0.2, 0.25) is 5.88 Å². The minimum absolute atomic E-state index is 0.520. The molecule has 27 heavy (non-hydrogen) atoms. The van der Waals surface area contributed by atoms with Gasteiger partial charge in [-0.25, -0.2) is 15.0 Å². The van der Waals surface area contributed by atoms with E-state index in [4.69, 9.17) is 9.47 Å². The molecule has 0 bridgehead atoms. The molecule has 0 amide bonds. The molecule has 7 heteroatoms. The van der Waals surface area contributed by atoms with E-state index in [1.807, 2.05) is 48.5 Å². The quantitative estimate of drug-likeness (QED) is 0.560. The summed E-state index contributed by atoms with van der Waals surface area (Å²) in [7, 11) is 1.62. The van der Waals surface area contributed by atoms with E-state index in [9.17, 15) is 0 Å². The van der Waals surface area contributed by atoms with Gasteiger partial charge in [-0.3, -0.25) is 4.98 Å². The van der Waals surface area contributed by atoms with Gasteiger partial charge in [-0.2, -0.15) is 0 Å². The van der Waals surface area contributed by atoms with Gasteiger partial charge in [-0.1, -0.05) is 12.1 Å². The summed E-state index contributed by atoms with van der Waals surface area (Å²) >= 11 is 0. The fourth-order valence-corrected chi connectivity index (χ4v) is 2.51. The topological polar surface area (TPSA) is 82.0 Å². The molecule has 0 saturated carbocycles. The van der Waals surface area contributed by atoms with E-state index in [1.165, 1.54) is 0 Å². The molecular weight excluding hydrogens is 342 g/mol. The Bertz CT molecular complexity index is 1050. The second kappa shape index (κ2) is 7.65. The number of fused-ring (bicyclic) bond motifs is 1. The minimum atomic E-state index is 0.520. The molecule has 0 fully saturated rings. The van der Waals surface area contributed by atoms with E-state index in [-0.39, 0.29) is 0 Å². The van der Waals surface area contributed by atoms with Crippen LogP contribution in [-0.2, 0) is 6.54 Å². The molecule has 0 aliphatic rings. The van der Waals surface area contributed by atoms with Crippen molar-refractivity contribution in [1.82, 2.24) is 19.9 Å². The van der Waals surface area contributed by atoms with Crippen molar-refractivity contribution >= 4 is 17.0 Å². The Hall–Kier alpha value is -3.74. The molecule has 0 aliphatic carbocycles. The molecule has 4 aromatic rings. The first-order chi connectivity index (χ1) is 13.3. The van der Waals surface area contributed by atoms with E-state index in [1.54, 1.807) is 25.7 Å². The largest absolute Gasteiger partial charge is 0.497 e. The van der Waals surface area contributed by atoms with Crippen molar-refractivity contribution in [1.29, 1.82) is 0 Å². The third-order valence-corrected chi connectivity index (χ3v) is 3.87. The lowest BCUT2D eigenvalue weighted by molar-refractivity contribution is 0.407. The van der Waals surface area contributed by atoms with Crippen molar-refractivity contribution in [3.8, 4) is 17.4 Å². The van der Waals surface area contributed by atoms with Crippen LogP contribution >= 0.6 is 0 Å². The van der Waals surface area contributed by atoms with Crippen molar-refractivity contribution in [3.63, 3.8) is 0 Å². The van der Waals surface area contributed by atoms with Crippen LogP contribution in [0.3, 0.4) is 0 Å². The molecule has 7 nitrogen and oxygen atoms in total. The number of pyridine rings is 2. The first-order valence-corrected chi connectivity index (χ1v) is 8.39. The van der Waals surface area contributed by atoms with Crippen LogP contribution < -0.4 is 14.8 Å². The van der Waals surface area contributed by atoms with E-state index >= 15 is 0 Å². The zero-order chi connectivity index (χ0) is 18.5. The highest BCUT2D eigenvalue weighted by Crippen LogP contribution is 2.24. The summed E-state index contributed by atoms with van der Waals surface area (Å²) in [5, 5.41) is 3.26. The number of ether oxygens (including phenoxy) is 2. The van der Waals surface area contributed by atoms with Crippen molar-refractivity contribution in [2.24, 2.45) is 0 Å². The molecule has 134 valence electrons. The van der Waals surface area contributed by atoms with Crippen LogP contribution in [0.2, 0.25) is 0 Å². The highest BCUT2D eigenvalue weighted by atomic mass is 16.5. The van der Waals surface area contributed by atoms with Crippen LogP contribution in [0.4, 0.5) is 5.82 Å². The average Bonchev–Trinajstić information content (AvgIpc) is 2.73. The molecule has 0 radical (unpaired) electrons. The van der Waals surface area contributed by atoms with Crippen molar-refractivity contribution in [2.45, 2.75) is 6.54 Å². The number of hydrogen-bond acceptors (Lipinski definition) is 7. The molecule has 0 aliphatic heterocycles. The number of rotatable bonds is 6. The highest BCUT2D eigenvalue weighted by Gasteiger charge is 2.03. The first kappa shape index (κ1) is 16.7. The lowest BCUT2D eigenvalue weighted by Gasteiger charge is -2.08. The third kappa shape index (κ3) is 4.09. The Morgan fingerprint density at radius 1 is 0.926 bits per heavy atom. The van der Waals surface area contributed by atoms with Crippen molar-refractivity contribution in [2.75, 3.05) is 12.4 Å². The zero-order valence-electron chi connectivity index (χ0n) is 14.7. The Kier molecular flexibility index (Phi) is 4.74. The molecule has 3 aromatic heterocycles. The number of nitrogens with one attached hydrogen (secondary N) is 1. The summed E-state index contributed by atoms with van der Waals surface area (Å²) in [4.78, 5) is 17.2. The minimum Gasteiger partial charge on any atom is -0.497 e. The number of aromatic nitrogens is 4. The van der Waals surface area contributed by atoms with Gasteiger partial charge in [0.25, 0.3) is 0 Å². The Morgan fingerprint density at radius 2 is 1.81 bits per heavy atom. The molecule has 0 saturated heterocycles. The van der Waals surface area contributed by atoms with Crippen molar-refractivity contribution < 1.29 is 9.47 Å². The lowest BCUT2D eigenvalue weighted by atomic mass is 10.3. The molecule has 0 unspecified atom stereocenters. The van der Waals surface area contributed by atoms with Gasteiger partial charge in [0, 0.05) is 37.3 Å². The predicted octanol–water partition coefficient (Wildman–Crippen LogP) is 3.83. The maximum Gasteiger partial charge on any atom is 0.219 e. The summed E-state index contributed by atoms with van der Waals surface area (Å²) in [6.45, 7) is 0.589. The van der Waals surface area contributed by atoms with E-state index < -0.39 is 0 Å². The monoisotopic (exact) mass is 359 g/mol. The van der Waals surface area contributed by atoms with Crippen molar-refractivity contribution in [3.05, 3.63) is 72.7 Å². The Balaban J connectivity index is 1.39. The number of anilines is 1. The number of methoxy groups -OCH3 is 1. The Labute approximate surface area is 156 Å². The predicted molar refractivity (Wildman–Crippen MR) is 102 cm³/mol. The number of hydrogen-bond donors (Lipinski definition) is 1. The maximum atomic E-state index is 5.75. The smallest absolute Gasteiger partial charge is 0.219 e. The summed E-state index contributed by atoms with van der Waals surface area (Å²) in [6, 6.07) is 15.0. The van der Waals surface area contributed by atoms with Gasteiger partial charge in [0.1, 0.15) is 22.8 Å². The fourth-order valence-electron chi connectivity index (χ4n) is 2.51. The normalized spacial score (nSPS) is 10.6. The molecule has 0 atom stereocenters. The first-order valence-electron chi connectivity index (χ1n) is 8.39. The number of nitrogens with zero attached hydrogens (tertiary/aromatic N) is 4. The van der Waals surface area contributed by atoms with Gasteiger partial charge in [0.05, 0.1) is 7.11 Å². The molecule has 3 heterocycles. The maximum absolute atomic E-state index is 5.75. The van der Waals surface area contributed by atoms with Crippen LogP contribution in [-0.4, -0.2) is 27.0 Å². The van der Waals surface area contributed by atoms with E-state index in [0.29, 0.717) is 23.8 Å². The lowest BCUT2D eigenvalue weighted by Crippen LogP contribution is -2.02. The SMILES string of the molecule is COc1cccc(Oc2ccc(CNc3ccc4nccnc4n3)cn2)c1. The summed E-state index contributed by atoms with van der Waals surface area (Å²) in [6.07, 6.45) is 5.05. The van der Waals surface area contributed by atoms with Gasteiger partial charge in [-0.15, -0.1) is 0 Å². The van der Waals surface area contributed by atoms with Crippen LogP contribution in [0.25, 0.3) is 11.2 Å². The van der Waals surface area contributed by atoms with Crippen LogP contribution in [0.5, 0.6) is 17.4 Å². The van der Waals surface area contributed by atoms with E-state index in [2.05, 4.69) is 25.3 Å². The molecule has 1 N–H and O–H groups in total. The van der Waals surface area contributed by atoms with Gasteiger partial charge in [0.15, 0.2) is 5.65 Å². The number of benzene rings is 1. The summed E-state index contributed by atoms with van der Waals surface area (Å²) < 4.78 is 10.9. The van der Waals surface area contributed by atoms with Gasteiger partial charge in [-0.05, 0) is 29.8 Å². The van der Waals surface area contributed by atoms with Gasteiger partial charge < -0.3 is 14.8 Å². The van der Waals surface area contributed by atoms with E-state index in [0.717, 1.165) is 22.6 Å². The van der Waals surface area contributed by atoms with Gasteiger partial charge >= 0.3 is 0 Å². The molecule has 1 aromatic carbocycles. The highest BCUT2D eigenvalue weighted by molar-refractivity contribution is 5.71. The second-order valence-corrected chi connectivity index (χ2v) is 5.73. The summed E-state index contributed by atoms with van der Waals surface area (Å²) in [5.41, 5.74) is 2.39. The second-order valence-electron chi connectivity index (χ2n) is 5.73. The molecule has 4 rings (SSSR count). The molecule has 0 spiro atoms.